The van der Waals surface area contributed by atoms with Gasteiger partial charge < -0.3 is 10.3 Å². The van der Waals surface area contributed by atoms with E-state index in [-0.39, 0.29) is 0 Å². The number of H-pyrrole nitrogens is 1. The van der Waals surface area contributed by atoms with Crippen LogP contribution in [-0.4, -0.2) is 35.6 Å². The smallest absolute Gasteiger partial charge is 0.0457 e. The molecule has 0 amide bonds. The van der Waals surface area contributed by atoms with Crippen LogP contribution in [0.1, 0.15) is 31.2 Å². The summed E-state index contributed by atoms with van der Waals surface area (Å²) in [6.07, 6.45) is 7.68. The Morgan fingerprint density at radius 2 is 1.95 bits per heavy atom. The van der Waals surface area contributed by atoms with Crippen LogP contribution in [0.3, 0.4) is 0 Å². The Hall–Kier alpha value is -1.32. The van der Waals surface area contributed by atoms with Crippen molar-refractivity contribution in [1.29, 1.82) is 0 Å². The zero-order valence-corrected chi connectivity index (χ0v) is 12.6. The molecule has 2 aliphatic rings. The Morgan fingerprint density at radius 1 is 1.10 bits per heavy atom. The van der Waals surface area contributed by atoms with Gasteiger partial charge in [-0.2, -0.15) is 0 Å². The van der Waals surface area contributed by atoms with Gasteiger partial charge in [-0.1, -0.05) is 18.2 Å². The SMILES string of the molecule is c1ccc2c(CN3CCC(C4CCCN4)CC3)c[nH]c2c1. The van der Waals surface area contributed by atoms with Crippen LogP contribution in [0.25, 0.3) is 10.9 Å². The molecule has 3 heteroatoms. The lowest BCUT2D eigenvalue weighted by molar-refractivity contribution is 0.158. The van der Waals surface area contributed by atoms with E-state index >= 15 is 0 Å². The zero-order valence-electron chi connectivity index (χ0n) is 12.6. The molecule has 2 aliphatic heterocycles. The van der Waals surface area contributed by atoms with Gasteiger partial charge in [0, 0.05) is 29.7 Å². The summed E-state index contributed by atoms with van der Waals surface area (Å²) < 4.78 is 0. The van der Waals surface area contributed by atoms with Crippen molar-refractivity contribution in [2.75, 3.05) is 19.6 Å². The van der Waals surface area contributed by atoms with Crippen LogP contribution in [0.5, 0.6) is 0 Å². The van der Waals surface area contributed by atoms with Crippen molar-refractivity contribution in [1.82, 2.24) is 15.2 Å². The first-order valence-corrected chi connectivity index (χ1v) is 8.41. The van der Waals surface area contributed by atoms with E-state index in [1.807, 2.05) is 0 Å². The van der Waals surface area contributed by atoms with Gasteiger partial charge in [0.15, 0.2) is 0 Å². The van der Waals surface area contributed by atoms with Crippen LogP contribution >= 0.6 is 0 Å². The Labute approximate surface area is 126 Å². The van der Waals surface area contributed by atoms with Crippen molar-refractivity contribution in [3.63, 3.8) is 0 Å². The van der Waals surface area contributed by atoms with E-state index in [1.54, 1.807) is 0 Å². The van der Waals surface area contributed by atoms with Crippen molar-refractivity contribution < 1.29 is 0 Å². The first kappa shape index (κ1) is 13.4. The topological polar surface area (TPSA) is 31.1 Å². The first-order valence-electron chi connectivity index (χ1n) is 8.41. The average Bonchev–Trinajstić information content (AvgIpc) is 3.19. The minimum Gasteiger partial charge on any atom is -0.361 e. The average molecular weight is 283 g/mol. The summed E-state index contributed by atoms with van der Waals surface area (Å²) in [4.78, 5) is 6.02. The van der Waals surface area contributed by atoms with E-state index in [0.717, 1.165) is 18.5 Å². The van der Waals surface area contributed by atoms with E-state index in [0.29, 0.717) is 0 Å². The Morgan fingerprint density at radius 3 is 2.76 bits per heavy atom. The van der Waals surface area contributed by atoms with Gasteiger partial charge in [-0.05, 0) is 62.9 Å². The van der Waals surface area contributed by atoms with Gasteiger partial charge in [0.2, 0.25) is 0 Å². The second-order valence-corrected chi connectivity index (χ2v) is 6.68. The van der Waals surface area contributed by atoms with Crippen molar-refractivity contribution in [2.45, 2.75) is 38.3 Å². The molecule has 3 nitrogen and oxygen atoms in total. The normalized spacial score (nSPS) is 24.9. The lowest BCUT2D eigenvalue weighted by Crippen LogP contribution is -2.40. The van der Waals surface area contributed by atoms with Gasteiger partial charge in [-0.15, -0.1) is 0 Å². The fourth-order valence-electron chi connectivity index (χ4n) is 4.13. The number of piperidine rings is 1. The molecular weight excluding hydrogens is 258 g/mol. The standard InChI is InChI=1S/C18H25N3/c1-2-5-18-16(4-1)15(12-20-18)13-21-10-7-14(8-11-21)17-6-3-9-19-17/h1-2,4-5,12,14,17,19-20H,3,6-11,13H2. The maximum Gasteiger partial charge on any atom is 0.0457 e. The van der Waals surface area contributed by atoms with Gasteiger partial charge in [-0.3, -0.25) is 4.90 Å². The molecule has 0 aliphatic carbocycles. The highest BCUT2D eigenvalue weighted by Gasteiger charge is 2.28. The highest BCUT2D eigenvalue weighted by Crippen LogP contribution is 2.27. The summed E-state index contributed by atoms with van der Waals surface area (Å²) >= 11 is 0. The number of aromatic amines is 1. The van der Waals surface area contributed by atoms with E-state index in [2.05, 4.69) is 45.7 Å². The summed E-state index contributed by atoms with van der Waals surface area (Å²) in [5.41, 5.74) is 2.71. The van der Waals surface area contributed by atoms with Gasteiger partial charge in [0.25, 0.3) is 0 Å². The van der Waals surface area contributed by atoms with Crippen LogP contribution in [-0.2, 0) is 6.54 Å². The molecule has 1 aromatic heterocycles. The number of hydrogen-bond donors (Lipinski definition) is 2. The first-order chi connectivity index (χ1) is 10.4. The highest BCUT2D eigenvalue weighted by molar-refractivity contribution is 5.82. The van der Waals surface area contributed by atoms with Crippen LogP contribution < -0.4 is 5.32 Å². The predicted octanol–water partition coefficient (Wildman–Crippen LogP) is 3.13. The molecule has 0 spiro atoms. The van der Waals surface area contributed by atoms with E-state index in [9.17, 15) is 0 Å². The number of fused-ring (bicyclic) bond motifs is 1. The quantitative estimate of drug-likeness (QED) is 0.907. The van der Waals surface area contributed by atoms with Gasteiger partial charge in [-0.25, -0.2) is 0 Å². The molecule has 2 fully saturated rings. The molecule has 0 radical (unpaired) electrons. The molecule has 0 saturated carbocycles. The highest BCUT2D eigenvalue weighted by atomic mass is 15.1. The monoisotopic (exact) mass is 283 g/mol. The van der Waals surface area contributed by atoms with E-state index in [1.165, 1.54) is 61.8 Å². The number of likely N-dealkylation sites (tertiary alicyclic amines) is 1. The number of hydrogen-bond acceptors (Lipinski definition) is 2. The number of benzene rings is 1. The second kappa shape index (κ2) is 5.82. The summed E-state index contributed by atoms with van der Waals surface area (Å²) in [6.45, 7) is 4.83. The van der Waals surface area contributed by atoms with Gasteiger partial charge >= 0.3 is 0 Å². The summed E-state index contributed by atoms with van der Waals surface area (Å²) in [5.74, 6) is 0.909. The van der Waals surface area contributed by atoms with Gasteiger partial charge in [0.05, 0.1) is 0 Å². The number of nitrogens with zero attached hydrogens (tertiary/aromatic N) is 1. The van der Waals surface area contributed by atoms with Crippen molar-refractivity contribution in [2.24, 2.45) is 5.92 Å². The predicted molar refractivity (Wildman–Crippen MR) is 87.3 cm³/mol. The molecule has 112 valence electrons. The maximum absolute atomic E-state index is 3.69. The van der Waals surface area contributed by atoms with Crippen LogP contribution in [0, 0.1) is 5.92 Å². The van der Waals surface area contributed by atoms with Crippen molar-refractivity contribution >= 4 is 10.9 Å². The third-order valence-corrected chi connectivity index (χ3v) is 5.37. The van der Waals surface area contributed by atoms with Crippen molar-refractivity contribution in [3.8, 4) is 0 Å². The molecule has 4 rings (SSSR count). The summed E-state index contributed by atoms with van der Waals surface area (Å²) in [7, 11) is 0. The van der Waals surface area contributed by atoms with Crippen LogP contribution in [0.2, 0.25) is 0 Å². The minimum atomic E-state index is 0.806. The van der Waals surface area contributed by atoms with Crippen LogP contribution in [0.4, 0.5) is 0 Å². The second-order valence-electron chi connectivity index (χ2n) is 6.68. The fourth-order valence-corrected chi connectivity index (χ4v) is 4.13. The molecule has 1 aromatic carbocycles. The molecule has 2 saturated heterocycles. The molecule has 2 aromatic rings. The van der Waals surface area contributed by atoms with E-state index in [4.69, 9.17) is 0 Å². The molecular formula is C18H25N3. The Kier molecular flexibility index (Phi) is 3.70. The van der Waals surface area contributed by atoms with Crippen LogP contribution in [0.15, 0.2) is 30.5 Å². The largest absolute Gasteiger partial charge is 0.361 e. The fraction of sp³-hybridized carbons (Fsp3) is 0.556. The van der Waals surface area contributed by atoms with Gasteiger partial charge in [0.1, 0.15) is 0 Å². The number of rotatable bonds is 3. The minimum absolute atomic E-state index is 0.806. The van der Waals surface area contributed by atoms with E-state index < -0.39 is 0 Å². The molecule has 3 heterocycles. The number of para-hydroxylation sites is 1. The summed E-state index contributed by atoms with van der Waals surface area (Å²) in [6, 6.07) is 9.44. The Bertz CT molecular complexity index is 589. The third-order valence-electron chi connectivity index (χ3n) is 5.37. The molecule has 0 bridgehead atoms. The zero-order chi connectivity index (χ0) is 14.1. The van der Waals surface area contributed by atoms with Crippen molar-refractivity contribution in [3.05, 3.63) is 36.0 Å². The third kappa shape index (κ3) is 2.72. The molecule has 2 N–H and O–H groups in total. The number of aromatic nitrogens is 1. The molecule has 21 heavy (non-hydrogen) atoms. The lowest BCUT2D eigenvalue weighted by atomic mass is 9.88. The maximum atomic E-state index is 3.69. The molecule has 1 unspecified atom stereocenters. The summed E-state index contributed by atoms with van der Waals surface area (Å²) in [5, 5.41) is 5.07. The Balaban J connectivity index is 1.38. The lowest BCUT2D eigenvalue weighted by Gasteiger charge is -2.34. The molecule has 1 atom stereocenters. The number of nitrogens with one attached hydrogen (secondary N) is 2.